The zero-order valence-corrected chi connectivity index (χ0v) is 27.3. The van der Waals surface area contributed by atoms with Gasteiger partial charge >= 0.3 is 5.97 Å². The van der Waals surface area contributed by atoms with Crippen LogP contribution in [0.3, 0.4) is 0 Å². The lowest BCUT2D eigenvalue weighted by atomic mass is 10.1. The number of carbonyl (C=O) groups is 4. The van der Waals surface area contributed by atoms with Gasteiger partial charge in [-0.25, -0.2) is 4.79 Å². The van der Waals surface area contributed by atoms with Gasteiger partial charge < -0.3 is 25.8 Å². The molecule has 5 aromatic rings. The molecular formula is C39H33N3O6S. The average Bonchev–Trinajstić information content (AvgIpc) is 3.12. The van der Waals surface area contributed by atoms with Crippen molar-refractivity contribution >= 4 is 52.9 Å². The predicted molar refractivity (Wildman–Crippen MR) is 192 cm³/mol. The van der Waals surface area contributed by atoms with Crippen LogP contribution in [0.15, 0.2) is 144 Å². The highest BCUT2D eigenvalue weighted by molar-refractivity contribution is 8.00. The third-order valence-corrected chi connectivity index (χ3v) is 8.24. The van der Waals surface area contributed by atoms with Crippen molar-refractivity contribution in [1.82, 2.24) is 5.32 Å². The van der Waals surface area contributed by atoms with Crippen LogP contribution in [-0.2, 0) is 16.2 Å². The van der Waals surface area contributed by atoms with Gasteiger partial charge in [0.25, 0.3) is 11.8 Å². The maximum atomic E-state index is 13.6. The first-order valence-corrected chi connectivity index (χ1v) is 16.2. The van der Waals surface area contributed by atoms with Crippen molar-refractivity contribution in [3.05, 3.63) is 161 Å². The molecule has 1 unspecified atom stereocenters. The Morgan fingerprint density at radius 3 is 2.08 bits per heavy atom. The standard InChI is InChI=1S/C39H33N3O6S/c1-26(36(43)40-31-19-17-30(18-20-31)39(46)47)49-34-14-8-13-32(24-34)41-38(45)35(42-37(44)29-11-6-3-7-12-29)23-27-15-21-33(22-16-27)48-25-28-9-4-2-5-10-28/h2-24,26H,25H2,1H3,(H,40,43)(H,41,45)(H,42,44)(H,46,47)/b35-23-. The highest BCUT2D eigenvalue weighted by atomic mass is 32.2. The van der Waals surface area contributed by atoms with E-state index >= 15 is 0 Å². The van der Waals surface area contributed by atoms with Crippen molar-refractivity contribution in [3.63, 3.8) is 0 Å². The molecule has 3 amide bonds. The summed E-state index contributed by atoms with van der Waals surface area (Å²) in [5, 5.41) is 17.0. The van der Waals surface area contributed by atoms with Crippen LogP contribution in [0.5, 0.6) is 5.75 Å². The van der Waals surface area contributed by atoms with E-state index in [1.165, 1.54) is 36.0 Å². The molecule has 0 aromatic heterocycles. The van der Waals surface area contributed by atoms with E-state index in [2.05, 4.69) is 16.0 Å². The van der Waals surface area contributed by atoms with Gasteiger partial charge in [-0.05, 0) is 90.9 Å². The SMILES string of the molecule is CC(Sc1cccc(NC(=O)/C(=C/c2ccc(OCc3ccccc3)cc2)NC(=O)c2ccccc2)c1)C(=O)Nc1ccc(C(=O)O)cc1. The number of nitrogens with one attached hydrogen (secondary N) is 3. The highest BCUT2D eigenvalue weighted by Gasteiger charge is 2.18. The number of thioether (sulfide) groups is 1. The van der Waals surface area contributed by atoms with E-state index in [-0.39, 0.29) is 17.2 Å². The molecule has 246 valence electrons. The van der Waals surface area contributed by atoms with Crippen molar-refractivity contribution in [2.24, 2.45) is 0 Å². The second kappa shape index (κ2) is 16.6. The minimum atomic E-state index is -1.05. The summed E-state index contributed by atoms with van der Waals surface area (Å²) in [5.74, 6) is -1.63. The quantitative estimate of drug-likeness (QED) is 0.0753. The first-order valence-electron chi connectivity index (χ1n) is 15.3. The van der Waals surface area contributed by atoms with Gasteiger partial charge in [0.2, 0.25) is 5.91 Å². The normalized spacial score (nSPS) is 11.6. The van der Waals surface area contributed by atoms with Gasteiger partial charge in [-0.2, -0.15) is 0 Å². The molecule has 0 aliphatic carbocycles. The second-order valence-electron chi connectivity index (χ2n) is 10.8. The van der Waals surface area contributed by atoms with Gasteiger partial charge in [-0.3, -0.25) is 14.4 Å². The van der Waals surface area contributed by atoms with Gasteiger partial charge in [0.05, 0.1) is 10.8 Å². The van der Waals surface area contributed by atoms with Crippen LogP contribution in [0, 0.1) is 0 Å². The van der Waals surface area contributed by atoms with Crippen molar-refractivity contribution in [1.29, 1.82) is 0 Å². The summed E-state index contributed by atoms with van der Waals surface area (Å²) in [6, 6.07) is 38.5. The summed E-state index contributed by atoms with van der Waals surface area (Å²) in [4.78, 5) is 51.3. The molecule has 4 N–H and O–H groups in total. The Labute approximate surface area is 288 Å². The van der Waals surface area contributed by atoms with Gasteiger partial charge in [-0.15, -0.1) is 11.8 Å². The number of hydrogen-bond donors (Lipinski definition) is 4. The Bertz CT molecular complexity index is 1950. The third kappa shape index (κ3) is 10.2. The monoisotopic (exact) mass is 671 g/mol. The van der Waals surface area contributed by atoms with Gasteiger partial charge in [0, 0.05) is 21.8 Å². The Morgan fingerprint density at radius 2 is 1.41 bits per heavy atom. The van der Waals surface area contributed by atoms with E-state index in [9.17, 15) is 19.2 Å². The lowest BCUT2D eigenvalue weighted by Gasteiger charge is -2.14. The number of benzene rings is 5. The number of aromatic carboxylic acids is 1. The summed E-state index contributed by atoms with van der Waals surface area (Å²) in [7, 11) is 0. The largest absolute Gasteiger partial charge is 0.489 e. The molecule has 10 heteroatoms. The first-order chi connectivity index (χ1) is 23.7. The van der Waals surface area contributed by atoms with Crippen molar-refractivity contribution in [3.8, 4) is 5.75 Å². The van der Waals surface area contributed by atoms with Crippen molar-refractivity contribution in [2.45, 2.75) is 23.7 Å². The van der Waals surface area contributed by atoms with E-state index in [1.54, 1.807) is 85.8 Å². The Hall–Kier alpha value is -6.13. The molecule has 1 atom stereocenters. The fourth-order valence-electron chi connectivity index (χ4n) is 4.55. The maximum Gasteiger partial charge on any atom is 0.335 e. The van der Waals surface area contributed by atoms with Gasteiger partial charge in [0.1, 0.15) is 18.1 Å². The van der Waals surface area contributed by atoms with Crippen LogP contribution in [0.25, 0.3) is 6.08 Å². The van der Waals surface area contributed by atoms with E-state index in [1.807, 2.05) is 36.4 Å². The average molecular weight is 672 g/mol. The molecule has 0 radical (unpaired) electrons. The molecule has 9 nitrogen and oxygen atoms in total. The molecule has 0 bridgehead atoms. The number of rotatable bonds is 13. The third-order valence-electron chi connectivity index (χ3n) is 7.14. The number of carboxylic acids is 1. The van der Waals surface area contributed by atoms with E-state index < -0.39 is 23.0 Å². The number of carbonyl (C=O) groups excluding carboxylic acids is 3. The number of amides is 3. The highest BCUT2D eigenvalue weighted by Crippen LogP contribution is 2.27. The van der Waals surface area contributed by atoms with Gasteiger partial charge in [-0.1, -0.05) is 66.7 Å². The molecule has 0 aliphatic rings. The maximum absolute atomic E-state index is 13.6. The van der Waals surface area contributed by atoms with E-state index in [0.29, 0.717) is 34.9 Å². The summed E-state index contributed by atoms with van der Waals surface area (Å²) < 4.78 is 5.88. The molecule has 5 aromatic carbocycles. The lowest BCUT2D eigenvalue weighted by Crippen LogP contribution is -2.30. The molecule has 0 fully saturated rings. The molecular weight excluding hydrogens is 639 g/mol. The Morgan fingerprint density at radius 1 is 0.735 bits per heavy atom. The number of ether oxygens (including phenoxy) is 1. The predicted octanol–water partition coefficient (Wildman–Crippen LogP) is 7.49. The summed E-state index contributed by atoms with van der Waals surface area (Å²) >= 11 is 1.29. The van der Waals surface area contributed by atoms with Crippen LogP contribution in [0.1, 0.15) is 38.8 Å². The number of carboxylic acid groups (broad SMARTS) is 1. The molecule has 0 heterocycles. The summed E-state index contributed by atoms with van der Waals surface area (Å²) in [5.41, 5.74) is 3.22. The van der Waals surface area contributed by atoms with E-state index in [4.69, 9.17) is 9.84 Å². The smallest absolute Gasteiger partial charge is 0.335 e. The fourth-order valence-corrected chi connectivity index (χ4v) is 5.48. The van der Waals surface area contributed by atoms with E-state index in [0.717, 1.165) is 10.5 Å². The number of anilines is 2. The minimum Gasteiger partial charge on any atom is -0.489 e. The zero-order valence-electron chi connectivity index (χ0n) is 26.5. The zero-order chi connectivity index (χ0) is 34.6. The van der Waals surface area contributed by atoms with Crippen molar-refractivity contribution < 1.29 is 29.0 Å². The first kappa shape index (κ1) is 34.2. The summed E-state index contributed by atoms with van der Waals surface area (Å²) in [6.07, 6.45) is 1.59. The van der Waals surface area contributed by atoms with Crippen LogP contribution < -0.4 is 20.7 Å². The molecule has 0 aliphatic heterocycles. The van der Waals surface area contributed by atoms with Crippen LogP contribution in [0.2, 0.25) is 0 Å². The Balaban J connectivity index is 1.27. The Kier molecular flexibility index (Phi) is 11.6. The molecule has 49 heavy (non-hydrogen) atoms. The van der Waals surface area contributed by atoms with Crippen LogP contribution in [-0.4, -0.2) is 34.0 Å². The van der Waals surface area contributed by atoms with Crippen molar-refractivity contribution in [2.75, 3.05) is 10.6 Å². The molecule has 0 spiro atoms. The lowest BCUT2D eigenvalue weighted by molar-refractivity contribution is -0.115. The number of hydrogen-bond acceptors (Lipinski definition) is 6. The van der Waals surface area contributed by atoms with Crippen LogP contribution in [0.4, 0.5) is 11.4 Å². The summed E-state index contributed by atoms with van der Waals surface area (Å²) in [6.45, 7) is 2.16. The topological polar surface area (TPSA) is 134 Å². The van der Waals surface area contributed by atoms with Crippen LogP contribution >= 0.6 is 11.8 Å². The molecule has 0 saturated heterocycles. The second-order valence-corrected chi connectivity index (χ2v) is 12.2. The minimum absolute atomic E-state index is 0.0338. The molecule has 5 rings (SSSR count). The fraction of sp³-hybridized carbons (Fsp3) is 0.0769. The van der Waals surface area contributed by atoms with Gasteiger partial charge in [0.15, 0.2) is 0 Å². The molecule has 0 saturated carbocycles.